The summed E-state index contributed by atoms with van der Waals surface area (Å²) in [5, 5.41) is 15.8. The predicted molar refractivity (Wildman–Crippen MR) is 138 cm³/mol. The van der Waals surface area contributed by atoms with E-state index in [4.69, 9.17) is 19.0 Å². The van der Waals surface area contributed by atoms with Crippen molar-refractivity contribution in [2.45, 2.75) is 57.8 Å². The molecule has 3 rings (SSSR count). The number of nitrogens with zero attached hydrogens (tertiary/aromatic N) is 1. The molecule has 2 N–H and O–H groups in total. The molecule has 3 unspecified atom stereocenters. The van der Waals surface area contributed by atoms with Gasteiger partial charge in [-0.25, -0.2) is 9.59 Å². The van der Waals surface area contributed by atoms with Crippen molar-refractivity contribution in [3.63, 3.8) is 0 Å². The van der Waals surface area contributed by atoms with Crippen molar-refractivity contribution in [3.8, 4) is 11.5 Å². The molecule has 2 aromatic carbocycles. The number of hydrogen-bond donors (Lipinski definition) is 2. The minimum atomic E-state index is -0.990. The van der Waals surface area contributed by atoms with Gasteiger partial charge in [0.15, 0.2) is 0 Å². The van der Waals surface area contributed by atoms with Crippen molar-refractivity contribution in [1.82, 2.24) is 10.4 Å². The number of aliphatic hydroxyl groups is 1. The highest BCUT2D eigenvalue weighted by molar-refractivity contribution is 5.80. The number of methoxy groups -OCH3 is 1. The summed E-state index contributed by atoms with van der Waals surface area (Å²) in [6.07, 6.45) is -0.0820. The van der Waals surface area contributed by atoms with Gasteiger partial charge in [-0.3, -0.25) is 0 Å². The van der Waals surface area contributed by atoms with Gasteiger partial charge in [0, 0.05) is 13.0 Å². The van der Waals surface area contributed by atoms with Crippen molar-refractivity contribution < 1.29 is 33.7 Å². The van der Waals surface area contributed by atoms with Gasteiger partial charge >= 0.3 is 12.1 Å². The number of cyclic esters (lactones) is 1. The lowest BCUT2D eigenvalue weighted by Gasteiger charge is -2.31. The minimum absolute atomic E-state index is 0.145. The molecule has 9 heteroatoms. The number of esters is 1. The summed E-state index contributed by atoms with van der Waals surface area (Å²) in [5.74, 6) is 1.14. The van der Waals surface area contributed by atoms with Crippen LogP contribution in [0.1, 0.15) is 38.7 Å². The molecule has 1 amide bonds. The molecule has 9 nitrogen and oxygen atoms in total. The zero-order chi connectivity index (χ0) is 26.6. The normalized spacial score (nSPS) is 16.8. The van der Waals surface area contributed by atoms with Gasteiger partial charge in [0.1, 0.15) is 11.5 Å². The number of hydroxylamine groups is 2. The summed E-state index contributed by atoms with van der Waals surface area (Å²) in [6, 6.07) is 16.1. The molecule has 37 heavy (non-hydrogen) atoms. The third-order valence-corrected chi connectivity index (χ3v) is 6.50. The van der Waals surface area contributed by atoms with Crippen molar-refractivity contribution >= 4 is 12.1 Å². The lowest BCUT2D eigenvalue weighted by atomic mass is 10.00. The minimum Gasteiger partial charge on any atom is -0.497 e. The molecule has 0 saturated carbocycles. The Bertz CT molecular complexity index is 966. The average Bonchev–Trinajstić information content (AvgIpc) is 3.31. The number of carbonyl (C=O) groups excluding carboxylic acids is 2. The molecule has 1 fully saturated rings. The molecule has 202 valence electrons. The van der Waals surface area contributed by atoms with E-state index in [-0.39, 0.29) is 13.2 Å². The van der Waals surface area contributed by atoms with Crippen LogP contribution in [0.15, 0.2) is 54.6 Å². The Balaban J connectivity index is 1.73. The Morgan fingerprint density at radius 2 is 1.76 bits per heavy atom. The van der Waals surface area contributed by atoms with Crippen LogP contribution in [0.4, 0.5) is 4.79 Å². The molecule has 0 bridgehead atoms. The molecule has 1 saturated heterocycles. The zero-order valence-corrected chi connectivity index (χ0v) is 21.8. The monoisotopic (exact) mass is 514 g/mol. The Morgan fingerprint density at radius 3 is 2.35 bits per heavy atom. The number of rotatable bonds is 14. The number of ether oxygens (including phenoxy) is 3. The van der Waals surface area contributed by atoms with Gasteiger partial charge < -0.3 is 29.5 Å². The maximum atomic E-state index is 12.6. The average molecular weight is 515 g/mol. The van der Waals surface area contributed by atoms with E-state index in [0.29, 0.717) is 31.1 Å². The van der Waals surface area contributed by atoms with Gasteiger partial charge in [0.2, 0.25) is 6.10 Å². The van der Waals surface area contributed by atoms with E-state index in [1.54, 1.807) is 12.2 Å². The Hall–Kier alpha value is -3.30. The first-order valence-corrected chi connectivity index (χ1v) is 12.8. The van der Waals surface area contributed by atoms with Crippen molar-refractivity contribution in [3.05, 3.63) is 60.2 Å². The number of carbonyl (C=O) groups is 2. The van der Waals surface area contributed by atoms with Crippen molar-refractivity contribution in [2.75, 3.05) is 26.8 Å². The highest BCUT2D eigenvalue weighted by Gasteiger charge is 2.32. The summed E-state index contributed by atoms with van der Waals surface area (Å²) in [6.45, 7) is 5.22. The smallest absolute Gasteiger partial charge is 0.408 e. The second-order valence-corrected chi connectivity index (χ2v) is 9.15. The second-order valence-electron chi connectivity index (χ2n) is 9.15. The number of hydrogen-bond acceptors (Lipinski definition) is 8. The van der Waals surface area contributed by atoms with E-state index < -0.39 is 30.3 Å². The molecule has 0 radical (unpaired) electrons. The fourth-order valence-corrected chi connectivity index (χ4v) is 4.16. The Labute approximate surface area is 218 Å². The molecule has 2 aromatic rings. The zero-order valence-electron chi connectivity index (χ0n) is 21.8. The van der Waals surface area contributed by atoms with Gasteiger partial charge in [-0.05, 0) is 42.2 Å². The molecular formula is C28H38N2O7. The third-order valence-electron chi connectivity index (χ3n) is 6.50. The van der Waals surface area contributed by atoms with Crippen LogP contribution in [0, 0.1) is 5.92 Å². The van der Waals surface area contributed by atoms with Crippen LogP contribution in [-0.2, 0) is 20.7 Å². The SMILES string of the molecule is CCC(CC)CN(CC(O)C(Cc1ccccc1)NC(=O)OC1CCOC1=O)Oc1ccc(OC)cc1. The summed E-state index contributed by atoms with van der Waals surface area (Å²) < 4.78 is 15.4. The van der Waals surface area contributed by atoms with Crippen LogP contribution in [0.3, 0.4) is 0 Å². The van der Waals surface area contributed by atoms with E-state index in [0.717, 1.165) is 24.2 Å². The fourth-order valence-electron chi connectivity index (χ4n) is 4.16. The summed E-state index contributed by atoms with van der Waals surface area (Å²) in [5.41, 5.74) is 0.940. The van der Waals surface area contributed by atoms with Crippen LogP contribution in [0.5, 0.6) is 11.5 Å². The largest absolute Gasteiger partial charge is 0.497 e. The van der Waals surface area contributed by atoms with E-state index in [1.165, 1.54) is 0 Å². The number of alkyl carbamates (subject to hydrolysis) is 1. The highest BCUT2D eigenvalue weighted by atomic mass is 16.7. The van der Waals surface area contributed by atoms with Gasteiger partial charge in [-0.15, -0.1) is 5.06 Å². The maximum Gasteiger partial charge on any atom is 0.408 e. The first-order chi connectivity index (χ1) is 17.9. The van der Waals surface area contributed by atoms with Crippen LogP contribution < -0.4 is 14.9 Å². The predicted octanol–water partition coefficient (Wildman–Crippen LogP) is 3.74. The molecular weight excluding hydrogens is 476 g/mol. The number of amides is 1. The first-order valence-electron chi connectivity index (χ1n) is 12.8. The molecule has 1 aliphatic heterocycles. The molecule has 1 heterocycles. The van der Waals surface area contributed by atoms with Crippen molar-refractivity contribution in [2.24, 2.45) is 5.92 Å². The van der Waals surface area contributed by atoms with E-state index in [2.05, 4.69) is 19.2 Å². The standard InChI is InChI=1S/C28H38N2O7/c1-4-20(5-2)18-30(37-23-13-11-22(34-3)12-14-23)19-25(31)24(17-21-9-7-6-8-10-21)29-28(33)36-26-15-16-35-27(26)32/h6-14,20,24-26,31H,4-5,15-19H2,1-3H3,(H,29,33). The number of aliphatic hydroxyl groups excluding tert-OH is 1. The summed E-state index contributed by atoms with van der Waals surface area (Å²) in [7, 11) is 1.60. The van der Waals surface area contributed by atoms with Crippen LogP contribution in [0.2, 0.25) is 0 Å². The molecule has 0 spiro atoms. The number of benzene rings is 2. The Morgan fingerprint density at radius 1 is 1.08 bits per heavy atom. The molecule has 1 aliphatic rings. The van der Waals surface area contributed by atoms with Gasteiger partial charge in [0.25, 0.3) is 0 Å². The van der Waals surface area contributed by atoms with Gasteiger partial charge in [0.05, 0.1) is 32.4 Å². The summed E-state index contributed by atoms with van der Waals surface area (Å²) >= 11 is 0. The topological polar surface area (TPSA) is 107 Å². The molecule has 0 aromatic heterocycles. The highest BCUT2D eigenvalue weighted by Crippen LogP contribution is 2.20. The van der Waals surface area contributed by atoms with Gasteiger partial charge in [-0.2, -0.15) is 0 Å². The van der Waals surface area contributed by atoms with Crippen LogP contribution in [0.25, 0.3) is 0 Å². The third kappa shape index (κ3) is 8.94. The van der Waals surface area contributed by atoms with Crippen LogP contribution in [-0.4, -0.2) is 67.3 Å². The van der Waals surface area contributed by atoms with E-state index in [9.17, 15) is 14.7 Å². The molecule has 0 aliphatic carbocycles. The van der Waals surface area contributed by atoms with E-state index in [1.807, 2.05) is 54.6 Å². The van der Waals surface area contributed by atoms with Crippen molar-refractivity contribution in [1.29, 1.82) is 0 Å². The molecule has 3 atom stereocenters. The van der Waals surface area contributed by atoms with Crippen LogP contribution >= 0.6 is 0 Å². The fraction of sp³-hybridized carbons (Fsp3) is 0.500. The quantitative estimate of drug-likeness (QED) is 0.290. The maximum absolute atomic E-state index is 12.6. The van der Waals surface area contributed by atoms with E-state index >= 15 is 0 Å². The summed E-state index contributed by atoms with van der Waals surface area (Å²) in [4.78, 5) is 30.5. The van der Waals surface area contributed by atoms with Gasteiger partial charge in [-0.1, -0.05) is 57.0 Å². The lowest BCUT2D eigenvalue weighted by molar-refractivity contribution is -0.144. The second kappa shape index (κ2) is 14.4. The lowest BCUT2D eigenvalue weighted by Crippen LogP contribution is -2.51. The Kier molecular flexibility index (Phi) is 11.0. The number of nitrogens with one attached hydrogen (secondary N) is 1. The first kappa shape index (κ1) is 28.3.